The van der Waals surface area contributed by atoms with Gasteiger partial charge >= 0.3 is 5.97 Å². The van der Waals surface area contributed by atoms with Crippen LogP contribution in [0, 0.1) is 13.8 Å². The first-order chi connectivity index (χ1) is 14.5. The zero-order valence-electron chi connectivity index (χ0n) is 17.3. The third-order valence-corrected chi connectivity index (χ3v) is 5.51. The van der Waals surface area contributed by atoms with Gasteiger partial charge in [0.05, 0.1) is 12.2 Å². The molecule has 0 amide bonds. The highest BCUT2D eigenvalue weighted by atomic mass is 16.5. The fourth-order valence-corrected chi connectivity index (χ4v) is 3.77. The normalized spacial score (nSPS) is 13.7. The van der Waals surface area contributed by atoms with Crippen molar-refractivity contribution in [3.63, 3.8) is 0 Å². The van der Waals surface area contributed by atoms with E-state index in [0.29, 0.717) is 25.5 Å². The number of aromatic nitrogens is 2. The average molecular weight is 403 g/mol. The standard InChI is InChI=1S/C24H25N3O3/c1-16-4-3-5-17(2)21(16)15-30-20-8-6-18(7-9-20)24-25-12-19-13-27(14-23(28)29)11-10-22(19)26-24/h3-9,12H,10-11,13-15H2,1-2H3,(H,28,29). The largest absolute Gasteiger partial charge is 0.489 e. The lowest BCUT2D eigenvalue weighted by molar-refractivity contribution is -0.138. The summed E-state index contributed by atoms with van der Waals surface area (Å²) >= 11 is 0. The third kappa shape index (κ3) is 4.49. The van der Waals surface area contributed by atoms with Gasteiger partial charge in [-0.3, -0.25) is 9.69 Å². The minimum absolute atomic E-state index is 0.0463. The average Bonchev–Trinajstić information content (AvgIpc) is 2.73. The number of fused-ring (bicyclic) bond motifs is 1. The summed E-state index contributed by atoms with van der Waals surface area (Å²) < 4.78 is 5.98. The summed E-state index contributed by atoms with van der Waals surface area (Å²) in [4.78, 5) is 22.0. The molecule has 0 bridgehead atoms. The molecule has 1 aromatic heterocycles. The van der Waals surface area contributed by atoms with Crippen molar-refractivity contribution in [3.8, 4) is 17.1 Å². The first-order valence-electron chi connectivity index (χ1n) is 10.1. The summed E-state index contributed by atoms with van der Waals surface area (Å²) in [6, 6.07) is 14.1. The number of aliphatic carboxylic acids is 1. The second-order valence-corrected chi connectivity index (χ2v) is 7.70. The van der Waals surface area contributed by atoms with Crippen LogP contribution >= 0.6 is 0 Å². The number of aryl methyl sites for hydroxylation is 2. The minimum Gasteiger partial charge on any atom is -0.489 e. The molecule has 0 unspecified atom stereocenters. The predicted octanol–water partition coefficient (Wildman–Crippen LogP) is 3.78. The Kier molecular flexibility index (Phi) is 5.77. The zero-order chi connectivity index (χ0) is 21.1. The van der Waals surface area contributed by atoms with Crippen molar-refractivity contribution in [2.75, 3.05) is 13.1 Å². The number of carbonyl (C=O) groups is 1. The Labute approximate surface area is 176 Å². The number of carboxylic acids is 1. The summed E-state index contributed by atoms with van der Waals surface area (Å²) in [5.41, 5.74) is 6.62. The lowest BCUT2D eigenvalue weighted by Crippen LogP contribution is -2.35. The highest BCUT2D eigenvalue weighted by Crippen LogP contribution is 2.24. The van der Waals surface area contributed by atoms with Crippen molar-refractivity contribution in [1.29, 1.82) is 0 Å². The predicted molar refractivity (Wildman–Crippen MR) is 114 cm³/mol. The van der Waals surface area contributed by atoms with E-state index in [-0.39, 0.29) is 6.54 Å². The van der Waals surface area contributed by atoms with Gasteiger partial charge in [-0.15, -0.1) is 0 Å². The number of benzene rings is 2. The molecular formula is C24H25N3O3. The molecule has 6 nitrogen and oxygen atoms in total. The topological polar surface area (TPSA) is 75.6 Å². The molecule has 0 spiro atoms. The summed E-state index contributed by atoms with van der Waals surface area (Å²) in [6.07, 6.45) is 2.55. The fourth-order valence-electron chi connectivity index (χ4n) is 3.77. The molecule has 0 fully saturated rings. The van der Waals surface area contributed by atoms with E-state index in [1.807, 2.05) is 35.4 Å². The molecule has 0 atom stereocenters. The first-order valence-corrected chi connectivity index (χ1v) is 10.1. The van der Waals surface area contributed by atoms with Crippen LogP contribution in [0.2, 0.25) is 0 Å². The molecule has 1 N–H and O–H groups in total. The highest BCUT2D eigenvalue weighted by molar-refractivity contribution is 5.69. The van der Waals surface area contributed by atoms with E-state index in [4.69, 9.17) is 14.8 Å². The molecule has 1 aliphatic rings. The first kappa shape index (κ1) is 20.0. The van der Waals surface area contributed by atoms with Crippen molar-refractivity contribution >= 4 is 5.97 Å². The molecule has 2 heterocycles. The highest BCUT2D eigenvalue weighted by Gasteiger charge is 2.20. The number of nitrogens with zero attached hydrogens (tertiary/aromatic N) is 3. The maximum atomic E-state index is 10.9. The van der Waals surface area contributed by atoms with Crippen LogP contribution in [0.1, 0.15) is 27.9 Å². The number of ether oxygens (including phenoxy) is 1. The van der Waals surface area contributed by atoms with Crippen LogP contribution < -0.4 is 4.74 Å². The molecular weight excluding hydrogens is 378 g/mol. The number of carboxylic acid groups (broad SMARTS) is 1. The van der Waals surface area contributed by atoms with Crippen molar-refractivity contribution in [3.05, 3.63) is 76.6 Å². The van der Waals surface area contributed by atoms with Gasteiger partial charge in [-0.25, -0.2) is 9.97 Å². The molecule has 0 aliphatic carbocycles. The summed E-state index contributed by atoms with van der Waals surface area (Å²) in [5, 5.41) is 8.98. The van der Waals surface area contributed by atoms with E-state index in [0.717, 1.165) is 29.0 Å². The lowest BCUT2D eigenvalue weighted by Gasteiger charge is -2.26. The van der Waals surface area contributed by atoms with E-state index in [1.54, 1.807) is 0 Å². The Morgan fingerprint density at radius 1 is 1.13 bits per heavy atom. The number of hydrogen-bond donors (Lipinski definition) is 1. The second-order valence-electron chi connectivity index (χ2n) is 7.70. The van der Waals surface area contributed by atoms with Crippen LogP contribution in [0.5, 0.6) is 5.75 Å². The molecule has 2 aromatic carbocycles. The van der Waals surface area contributed by atoms with Crippen LogP contribution in [0.25, 0.3) is 11.4 Å². The van der Waals surface area contributed by atoms with Gasteiger partial charge in [-0.2, -0.15) is 0 Å². The van der Waals surface area contributed by atoms with Crippen LogP contribution in [-0.4, -0.2) is 39.0 Å². The Balaban J connectivity index is 1.44. The molecule has 1 aliphatic heterocycles. The molecule has 6 heteroatoms. The Bertz CT molecular complexity index is 1040. The quantitative estimate of drug-likeness (QED) is 0.675. The molecule has 0 radical (unpaired) electrons. The molecule has 30 heavy (non-hydrogen) atoms. The number of hydrogen-bond acceptors (Lipinski definition) is 5. The van der Waals surface area contributed by atoms with Gasteiger partial charge < -0.3 is 9.84 Å². The lowest BCUT2D eigenvalue weighted by atomic mass is 10.0. The molecule has 3 aromatic rings. The molecule has 0 saturated carbocycles. The van der Waals surface area contributed by atoms with Gasteiger partial charge in [-0.05, 0) is 54.8 Å². The van der Waals surface area contributed by atoms with E-state index in [9.17, 15) is 4.79 Å². The van der Waals surface area contributed by atoms with Crippen molar-refractivity contribution in [2.24, 2.45) is 0 Å². The van der Waals surface area contributed by atoms with Gasteiger partial charge in [0.15, 0.2) is 5.82 Å². The van der Waals surface area contributed by atoms with E-state index >= 15 is 0 Å². The summed E-state index contributed by atoms with van der Waals surface area (Å²) in [7, 11) is 0. The summed E-state index contributed by atoms with van der Waals surface area (Å²) in [6.45, 7) is 6.06. The van der Waals surface area contributed by atoms with Crippen molar-refractivity contribution in [1.82, 2.24) is 14.9 Å². The smallest absolute Gasteiger partial charge is 0.317 e. The molecule has 154 valence electrons. The SMILES string of the molecule is Cc1cccc(C)c1COc1ccc(-c2ncc3c(n2)CCN(CC(=O)O)C3)cc1. The Morgan fingerprint density at radius 3 is 2.57 bits per heavy atom. The van der Waals surface area contributed by atoms with Gasteiger partial charge in [0.1, 0.15) is 12.4 Å². The minimum atomic E-state index is -0.809. The third-order valence-electron chi connectivity index (χ3n) is 5.51. The zero-order valence-corrected chi connectivity index (χ0v) is 17.3. The monoisotopic (exact) mass is 403 g/mol. The van der Waals surface area contributed by atoms with Gasteiger partial charge in [0.2, 0.25) is 0 Å². The van der Waals surface area contributed by atoms with Crippen LogP contribution in [0.3, 0.4) is 0 Å². The van der Waals surface area contributed by atoms with Crippen LogP contribution in [-0.2, 0) is 24.4 Å². The van der Waals surface area contributed by atoms with Crippen LogP contribution in [0.15, 0.2) is 48.7 Å². The van der Waals surface area contributed by atoms with Gasteiger partial charge in [0, 0.05) is 36.8 Å². The molecule has 4 rings (SSSR count). The summed E-state index contributed by atoms with van der Waals surface area (Å²) in [5.74, 6) is 0.682. The maximum absolute atomic E-state index is 10.9. The molecule has 0 saturated heterocycles. The van der Waals surface area contributed by atoms with E-state index < -0.39 is 5.97 Å². The van der Waals surface area contributed by atoms with Gasteiger partial charge in [0.25, 0.3) is 0 Å². The Hall–Kier alpha value is -3.25. The number of rotatable bonds is 6. The maximum Gasteiger partial charge on any atom is 0.317 e. The van der Waals surface area contributed by atoms with Gasteiger partial charge in [-0.1, -0.05) is 18.2 Å². The van der Waals surface area contributed by atoms with Crippen LogP contribution in [0.4, 0.5) is 0 Å². The van der Waals surface area contributed by atoms with Crippen molar-refractivity contribution < 1.29 is 14.6 Å². The fraction of sp³-hybridized carbons (Fsp3) is 0.292. The van der Waals surface area contributed by atoms with E-state index in [1.165, 1.54) is 16.7 Å². The van der Waals surface area contributed by atoms with E-state index in [2.05, 4.69) is 37.0 Å². The second kappa shape index (κ2) is 8.63. The van der Waals surface area contributed by atoms with Crippen molar-refractivity contribution in [2.45, 2.75) is 33.4 Å². The Morgan fingerprint density at radius 2 is 1.87 bits per heavy atom.